The molecule has 3 aromatic rings. The maximum Gasteiger partial charge on any atom is 0.246 e. The van der Waals surface area contributed by atoms with Gasteiger partial charge in [0.1, 0.15) is 18.0 Å². The van der Waals surface area contributed by atoms with E-state index >= 15 is 0 Å². The van der Waals surface area contributed by atoms with Crippen molar-refractivity contribution >= 4 is 11.6 Å². The molecule has 2 aromatic carbocycles. The fraction of sp³-hybridized carbons (Fsp3) is 0.200. The first-order chi connectivity index (χ1) is 12.0. The van der Waals surface area contributed by atoms with Gasteiger partial charge in [-0.25, -0.2) is 0 Å². The number of hydrogen-bond acceptors (Lipinski definition) is 3. The van der Waals surface area contributed by atoms with Gasteiger partial charge < -0.3 is 10.1 Å². The minimum atomic E-state index is -0.113. The summed E-state index contributed by atoms with van der Waals surface area (Å²) in [5.74, 6) is 1.39. The van der Waals surface area contributed by atoms with Gasteiger partial charge >= 0.3 is 0 Å². The van der Waals surface area contributed by atoms with Crippen molar-refractivity contribution in [2.45, 2.75) is 27.3 Å². The molecule has 0 fully saturated rings. The highest BCUT2D eigenvalue weighted by Crippen LogP contribution is 2.23. The number of ether oxygens (including phenoxy) is 1. The summed E-state index contributed by atoms with van der Waals surface area (Å²) < 4.78 is 7.47. The van der Waals surface area contributed by atoms with E-state index in [0.29, 0.717) is 0 Å². The van der Waals surface area contributed by atoms with Gasteiger partial charge in [0.15, 0.2) is 0 Å². The average Bonchev–Trinajstić information content (AvgIpc) is 2.89. The van der Waals surface area contributed by atoms with Gasteiger partial charge in [-0.2, -0.15) is 5.10 Å². The van der Waals surface area contributed by atoms with Gasteiger partial charge in [-0.3, -0.25) is 9.48 Å². The van der Waals surface area contributed by atoms with Crippen LogP contribution < -0.4 is 10.1 Å². The zero-order chi connectivity index (χ0) is 17.8. The average molecular weight is 335 g/mol. The van der Waals surface area contributed by atoms with Crippen LogP contribution in [0.3, 0.4) is 0 Å². The second kappa shape index (κ2) is 7.21. The lowest BCUT2D eigenvalue weighted by atomic mass is 10.2. The van der Waals surface area contributed by atoms with E-state index < -0.39 is 0 Å². The van der Waals surface area contributed by atoms with Gasteiger partial charge in [0.05, 0.1) is 5.69 Å². The number of nitrogens with zero attached hydrogens (tertiary/aromatic N) is 2. The molecular formula is C20H21N3O2. The number of carbonyl (C=O) groups excluding carboxylic acids is 1. The van der Waals surface area contributed by atoms with E-state index in [1.54, 1.807) is 4.68 Å². The Kier molecular flexibility index (Phi) is 4.84. The van der Waals surface area contributed by atoms with Gasteiger partial charge in [0, 0.05) is 11.4 Å². The second-order valence-electron chi connectivity index (χ2n) is 6.07. The van der Waals surface area contributed by atoms with Crippen LogP contribution in [0.2, 0.25) is 0 Å². The molecule has 25 heavy (non-hydrogen) atoms. The SMILES string of the molecule is Cc1ccc(Oc2ccc(NC(=O)Cn3nc(C)cc3C)cc2)cc1. The summed E-state index contributed by atoms with van der Waals surface area (Å²) in [4.78, 5) is 12.1. The molecule has 0 aliphatic heterocycles. The van der Waals surface area contributed by atoms with E-state index in [2.05, 4.69) is 10.4 Å². The molecule has 0 aliphatic rings. The Balaban J connectivity index is 1.59. The topological polar surface area (TPSA) is 56.1 Å². The second-order valence-corrected chi connectivity index (χ2v) is 6.07. The molecule has 5 heteroatoms. The smallest absolute Gasteiger partial charge is 0.246 e. The lowest BCUT2D eigenvalue weighted by Gasteiger charge is -2.09. The van der Waals surface area contributed by atoms with Gasteiger partial charge in [-0.1, -0.05) is 17.7 Å². The van der Waals surface area contributed by atoms with Crippen molar-refractivity contribution in [2.75, 3.05) is 5.32 Å². The molecular weight excluding hydrogens is 314 g/mol. The Bertz CT molecular complexity index is 865. The largest absolute Gasteiger partial charge is 0.457 e. The summed E-state index contributed by atoms with van der Waals surface area (Å²) in [6.45, 7) is 6.08. The molecule has 0 saturated carbocycles. The highest BCUT2D eigenvalue weighted by atomic mass is 16.5. The molecule has 128 valence electrons. The van der Waals surface area contributed by atoms with Gasteiger partial charge in [0.2, 0.25) is 5.91 Å². The Hall–Kier alpha value is -3.08. The van der Waals surface area contributed by atoms with E-state index in [1.165, 1.54) is 5.56 Å². The standard InChI is InChI=1S/C20H21N3O2/c1-14-4-8-18(9-5-14)25-19-10-6-17(7-11-19)21-20(24)13-23-16(3)12-15(2)22-23/h4-12H,13H2,1-3H3,(H,21,24). The molecule has 0 bridgehead atoms. The fourth-order valence-electron chi connectivity index (χ4n) is 2.52. The quantitative estimate of drug-likeness (QED) is 0.759. The molecule has 0 spiro atoms. The molecule has 0 atom stereocenters. The van der Waals surface area contributed by atoms with Gasteiger partial charge in [0.25, 0.3) is 0 Å². The lowest BCUT2D eigenvalue weighted by Crippen LogP contribution is -2.20. The van der Waals surface area contributed by atoms with E-state index in [0.717, 1.165) is 28.6 Å². The van der Waals surface area contributed by atoms with E-state index in [1.807, 2.05) is 75.4 Å². The van der Waals surface area contributed by atoms with Crippen LogP contribution in [0, 0.1) is 20.8 Å². The maximum atomic E-state index is 12.1. The normalized spacial score (nSPS) is 10.5. The first kappa shape index (κ1) is 16.8. The number of benzene rings is 2. The highest BCUT2D eigenvalue weighted by molar-refractivity contribution is 5.90. The number of rotatable bonds is 5. The molecule has 0 unspecified atom stereocenters. The number of aryl methyl sites for hydroxylation is 3. The zero-order valence-corrected chi connectivity index (χ0v) is 14.6. The third kappa shape index (κ3) is 4.47. The number of amides is 1. The van der Waals surface area contributed by atoms with Crippen molar-refractivity contribution in [1.29, 1.82) is 0 Å². The zero-order valence-electron chi connectivity index (χ0n) is 14.6. The predicted molar refractivity (Wildman–Crippen MR) is 98.0 cm³/mol. The van der Waals surface area contributed by atoms with Crippen molar-refractivity contribution in [3.05, 3.63) is 71.5 Å². The van der Waals surface area contributed by atoms with Crippen molar-refractivity contribution in [1.82, 2.24) is 9.78 Å². The van der Waals surface area contributed by atoms with Gasteiger partial charge in [-0.15, -0.1) is 0 Å². The Morgan fingerprint density at radius 3 is 2.16 bits per heavy atom. The fourth-order valence-corrected chi connectivity index (χ4v) is 2.52. The Morgan fingerprint density at radius 1 is 1.00 bits per heavy atom. The van der Waals surface area contributed by atoms with E-state index in [9.17, 15) is 4.79 Å². The van der Waals surface area contributed by atoms with E-state index in [4.69, 9.17) is 4.74 Å². The van der Waals surface area contributed by atoms with Crippen LogP contribution in [-0.2, 0) is 11.3 Å². The van der Waals surface area contributed by atoms with Crippen molar-refractivity contribution in [3.63, 3.8) is 0 Å². The molecule has 1 aromatic heterocycles. The number of carbonyl (C=O) groups is 1. The number of anilines is 1. The monoisotopic (exact) mass is 335 g/mol. The number of aromatic nitrogens is 2. The summed E-state index contributed by atoms with van der Waals surface area (Å²) in [5.41, 5.74) is 3.79. The van der Waals surface area contributed by atoms with Crippen LogP contribution in [0.15, 0.2) is 54.6 Å². The van der Waals surface area contributed by atoms with Crippen LogP contribution in [0.5, 0.6) is 11.5 Å². The summed E-state index contributed by atoms with van der Waals surface area (Å²) in [5, 5.41) is 7.16. The molecule has 1 N–H and O–H groups in total. The number of nitrogens with one attached hydrogen (secondary N) is 1. The summed E-state index contributed by atoms with van der Waals surface area (Å²) in [7, 11) is 0. The summed E-state index contributed by atoms with van der Waals surface area (Å²) in [6.07, 6.45) is 0. The van der Waals surface area contributed by atoms with Crippen molar-refractivity contribution < 1.29 is 9.53 Å². The minimum Gasteiger partial charge on any atom is -0.457 e. The summed E-state index contributed by atoms with van der Waals surface area (Å²) in [6, 6.07) is 17.1. The molecule has 1 heterocycles. The van der Waals surface area contributed by atoms with Crippen LogP contribution in [-0.4, -0.2) is 15.7 Å². The van der Waals surface area contributed by atoms with Crippen LogP contribution in [0.25, 0.3) is 0 Å². The van der Waals surface area contributed by atoms with Crippen molar-refractivity contribution in [3.8, 4) is 11.5 Å². The van der Waals surface area contributed by atoms with Crippen LogP contribution >= 0.6 is 0 Å². The molecule has 5 nitrogen and oxygen atoms in total. The van der Waals surface area contributed by atoms with Crippen molar-refractivity contribution in [2.24, 2.45) is 0 Å². The minimum absolute atomic E-state index is 0.113. The third-order valence-corrected chi connectivity index (χ3v) is 3.79. The van der Waals surface area contributed by atoms with E-state index in [-0.39, 0.29) is 12.5 Å². The molecule has 1 amide bonds. The molecule has 0 saturated heterocycles. The maximum absolute atomic E-state index is 12.1. The highest BCUT2D eigenvalue weighted by Gasteiger charge is 2.07. The lowest BCUT2D eigenvalue weighted by molar-refractivity contribution is -0.116. The third-order valence-electron chi connectivity index (χ3n) is 3.79. The molecule has 0 aliphatic carbocycles. The first-order valence-electron chi connectivity index (χ1n) is 8.15. The summed E-state index contributed by atoms with van der Waals surface area (Å²) >= 11 is 0. The first-order valence-corrected chi connectivity index (χ1v) is 8.15. The Labute approximate surface area is 147 Å². The predicted octanol–water partition coefficient (Wildman–Crippen LogP) is 4.24. The van der Waals surface area contributed by atoms with Gasteiger partial charge in [-0.05, 0) is 63.2 Å². The number of hydrogen-bond donors (Lipinski definition) is 1. The van der Waals surface area contributed by atoms with Crippen LogP contribution in [0.4, 0.5) is 5.69 Å². The molecule has 3 rings (SSSR count). The Morgan fingerprint density at radius 2 is 1.60 bits per heavy atom. The van der Waals surface area contributed by atoms with Crippen LogP contribution in [0.1, 0.15) is 17.0 Å². The molecule has 0 radical (unpaired) electrons.